The molecule has 0 bridgehead atoms. The lowest BCUT2D eigenvalue weighted by molar-refractivity contribution is -0.116. The van der Waals surface area contributed by atoms with Crippen molar-refractivity contribution in [3.05, 3.63) is 84.0 Å². The highest BCUT2D eigenvalue weighted by Gasteiger charge is 2.24. The van der Waals surface area contributed by atoms with E-state index in [1.807, 2.05) is 54.6 Å². The minimum atomic E-state index is -0.313. The fourth-order valence-corrected chi connectivity index (χ4v) is 5.31. The molecule has 1 fully saturated rings. The summed E-state index contributed by atoms with van der Waals surface area (Å²) in [6.45, 7) is 0. The van der Waals surface area contributed by atoms with Crippen LogP contribution >= 0.6 is 0 Å². The smallest absolute Gasteiger partial charge is 0.320 e. The second kappa shape index (κ2) is 10.5. The van der Waals surface area contributed by atoms with E-state index in [0.29, 0.717) is 36.7 Å². The first-order valence-corrected chi connectivity index (χ1v) is 13.2. The molecule has 2 aromatic heterocycles. The third-order valence-corrected chi connectivity index (χ3v) is 7.22. The molecule has 38 heavy (non-hydrogen) atoms. The van der Waals surface area contributed by atoms with E-state index in [9.17, 15) is 9.59 Å². The largest absolute Gasteiger partial charge is 0.460 e. The molecule has 194 valence electrons. The maximum atomic E-state index is 13.1. The second-order valence-electron chi connectivity index (χ2n) is 9.96. The number of fused-ring (bicyclic) bond motifs is 1. The molecule has 1 atom stereocenters. The van der Waals surface area contributed by atoms with Crippen molar-refractivity contribution in [2.45, 2.75) is 56.9 Å². The third-order valence-electron chi connectivity index (χ3n) is 7.22. The number of hydrogen-bond donors (Lipinski definition) is 3. The standard InChI is InChI=1S/C29H30N6O3/c36-28-13-10-20-15-22(11-12-25(20)32-28)35-27(17-26(34-35)19-5-1-2-6-19)33-29(37)31-21-7-3-8-23(16-21)38-24-9-4-14-30-18-24/h3-4,7-9,11-12,14-15,17-19,21H,1-2,5-6,10,13,16H2,(H,32,36)(H2,31,33,37). The van der Waals surface area contributed by atoms with Crippen molar-refractivity contribution in [3.8, 4) is 11.4 Å². The van der Waals surface area contributed by atoms with E-state index in [0.717, 1.165) is 41.2 Å². The predicted molar refractivity (Wildman–Crippen MR) is 144 cm³/mol. The van der Waals surface area contributed by atoms with Gasteiger partial charge in [-0.05, 0) is 61.2 Å². The number of ether oxygens (including phenoxy) is 1. The van der Waals surface area contributed by atoms with E-state index < -0.39 is 0 Å². The maximum Gasteiger partial charge on any atom is 0.320 e. The van der Waals surface area contributed by atoms with Crippen LogP contribution in [0.2, 0.25) is 0 Å². The molecule has 9 heteroatoms. The highest BCUT2D eigenvalue weighted by Crippen LogP contribution is 2.35. The number of carbonyl (C=O) groups is 2. The Hall–Kier alpha value is -4.40. The number of hydrogen-bond acceptors (Lipinski definition) is 5. The number of nitrogens with zero attached hydrogens (tertiary/aromatic N) is 3. The van der Waals surface area contributed by atoms with Gasteiger partial charge in [-0.25, -0.2) is 9.48 Å². The number of pyridine rings is 1. The van der Waals surface area contributed by atoms with Crippen LogP contribution in [0.15, 0.2) is 72.8 Å². The van der Waals surface area contributed by atoms with Gasteiger partial charge >= 0.3 is 6.03 Å². The number of urea groups is 1. The molecule has 9 nitrogen and oxygen atoms in total. The SMILES string of the molecule is O=C1CCc2cc(-n3nc(C4CCCC4)cc3NC(=O)NC3C=CC=C(Oc4cccnc4)C3)ccc2N1. The molecule has 3 N–H and O–H groups in total. The summed E-state index contributed by atoms with van der Waals surface area (Å²) in [7, 11) is 0. The van der Waals surface area contributed by atoms with Crippen molar-refractivity contribution in [2.24, 2.45) is 0 Å². The van der Waals surface area contributed by atoms with E-state index >= 15 is 0 Å². The number of rotatable bonds is 6. The molecule has 1 unspecified atom stereocenters. The number of nitrogens with one attached hydrogen (secondary N) is 3. The second-order valence-corrected chi connectivity index (χ2v) is 9.96. The molecule has 3 amide bonds. The van der Waals surface area contributed by atoms with E-state index in [2.05, 4.69) is 20.9 Å². The van der Waals surface area contributed by atoms with Crippen LogP contribution in [0.25, 0.3) is 5.69 Å². The number of anilines is 2. The van der Waals surface area contributed by atoms with Gasteiger partial charge < -0.3 is 15.4 Å². The van der Waals surface area contributed by atoms with Gasteiger partial charge in [0.2, 0.25) is 5.91 Å². The van der Waals surface area contributed by atoms with Crippen LogP contribution in [0, 0.1) is 0 Å². The minimum absolute atomic E-state index is 0.0347. The van der Waals surface area contributed by atoms with Crippen LogP contribution in [-0.4, -0.2) is 32.7 Å². The van der Waals surface area contributed by atoms with E-state index in [-0.39, 0.29) is 18.0 Å². The van der Waals surface area contributed by atoms with Crippen LogP contribution in [0.5, 0.6) is 5.75 Å². The van der Waals surface area contributed by atoms with E-state index in [1.165, 1.54) is 12.8 Å². The first-order valence-electron chi connectivity index (χ1n) is 13.2. The van der Waals surface area contributed by atoms with Crippen molar-refractivity contribution in [3.63, 3.8) is 0 Å². The molecule has 0 saturated heterocycles. The molecule has 1 aliphatic heterocycles. The fourth-order valence-electron chi connectivity index (χ4n) is 5.31. The lowest BCUT2D eigenvalue weighted by Crippen LogP contribution is -2.38. The number of carbonyl (C=O) groups excluding carboxylic acids is 2. The fraction of sp³-hybridized carbons (Fsp3) is 0.310. The van der Waals surface area contributed by atoms with Crippen molar-refractivity contribution in [1.82, 2.24) is 20.1 Å². The molecule has 1 saturated carbocycles. The topological polar surface area (TPSA) is 110 Å². The number of benzene rings is 1. The lowest BCUT2D eigenvalue weighted by atomic mass is 10.0. The Bertz CT molecular complexity index is 1400. The Morgan fingerprint density at radius 3 is 2.87 bits per heavy atom. The average molecular weight is 511 g/mol. The summed E-state index contributed by atoms with van der Waals surface area (Å²) in [5.74, 6) is 2.46. The summed E-state index contributed by atoms with van der Waals surface area (Å²) in [5, 5.41) is 13.9. The maximum absolute atomic E-state index is 13.1. The van der Waals surface area contributed by atoms with Gasteiger partial charge in [0, 0.05) is 36.7 Å². The summed E-state index contributed by atoms with van der Waals surface area (Å²) in [6, 6.07) is 11.0. The zero-order valence-corrected chi connectivity index (χ0v) is 21.0. The average Bonchev–Trinajstić information content (AvgIpc) is 3.60. The molecule has 6 rings (SSSR count). The zero-order chi connectivity index (χ0) is 25.9. The molecule has 3 aromatic rings. The van der Waals surface area contributed by atoms with Crippen molar-refractivity contribution >= 4 is 23.4 Å². The molecular weight excluding hydrogens is 480 g/mol. The number of amides is 3. The quantitative estimate of drug-likeness (QED) is 0.421. The van der Waals surface area contributed by atoms with Crippen LogP contribution in [0.4, 0.5) is 16.3 Å². The number of aromatic nitrogens is 3. The Kier molecular flexibility index (Phi) is 6.64. The van der Waals surface area contributed by atoms with Crippen LogP contribution < -0.4 is 20.7 Å². The molecule has 3 aliphatic rings. The summed E-state index contributed by atoms with van der Waals surface area (Å²) in [6.07, 6.45) is 15.4. The van der Waals surface area contributed by atoms with Gasteiger partial charge in [-0.2, -0.15) is 5.10 Å². The Morgan fingerprint density at radius 1 is 1.13 bits per heavy atom. The molecule has 3 heterocycles. The highest BCUT2D eigenvalue weighted by atomic mass is 16.5. The van der Waals surface area contributed by atoms with Crippen molar-refractivity contribution in [2.75, 3.05) is 10.6 Å². The summed E-state index contributed by atoms with van der Waals surface area (Å²) >= 11 is 0. The van der Waals surface area contributed by atoms with Gasteiger partial charge in [-0.1, -0.05) is 25.0 Å². The van der Waals surface area contributed by atoms with Crippen LogP contribution in [0.3, 0.4) is 0 Å². The first-order chi connectivity index (χ1) is 18.6. The number of allylic oxidation sites excluding steroid dienone is 2. The molecule has 0 spiro atoms. The zero-order valence-electron chi connectivity index (χ0n) is 21.0. The van der Waals surface area contributed by atoms with Gasteiger partial charge in [-0.15, -0.1) is 0 Å². The Labute approximate surface area is 221 Å². The van der Waals surface area contributed by atoms with Gasteiger partial charge in [0.15, 0.2) is 0 Å². The summed E-state index contributed by atoms with van der Waals surface area (Å²) in [5.41, 5.74) is 3.75. The van der Waals surface area contributed by atoms with Gasteiger partial charge in [0.25, 0.3) is 0 Å². The highest BCUT2D eigenvalue weighted by molar-refractivity contribution is 5.94. The third kappa shape index (κ3) is 5.32. The molecule has 2 aliphatic carbocycles. The van der Waals surface area contributed by atoms with Crippen molar-refractivity contribution in [1.29, 1.82) is 0 Å². The summed E-state index contributed by atoms with van der Waals surface area (Å²) in [4.78, 5) is 29.0. The monoisotopic (exact) mass is 510 g/mol. The van der Waals surface area contributed by atoms with Gasteiger partial charge in [0.1, 0.15) is 17.3 Å². The normalized spacial score (nSPS) is 18.9. The van der Waals surface area contributed by atoms with E-state index in [4.69, 9.17) is 9.84 Å². The predicted octanol–water partition coefficient (Wildman–Crippen LogP) is 5.22. The molecular formula is C29H30N6O3. The van der Waals surface area contributed by atoms with Gasteiger partial charge in [0.05, 0.1) is 23.6 Å². The lowest BCUT2D eigenvalue weighted by Gasteiger charge is -2.21. The molecule has 0 radical (unpaired) electrons. The number of aryl methyl sites for hydroxylation is 1. The van der Waals surface area contributed by atoms with Crippen LogP contribution in [0.1, 0.15) is 55.7 Å². The van der Waals surface area contributed by atoms with E-state index in [1.54, 1.807) is 17.1 Å². The minimum Gasteiger partial charge on any atom is -0.460 e. The molecule has 1 aromatic carbocycles. The van der Waals surface area contributed by atoms with Gasteiger partial charge in [-0.3, -0.25) is 15.1 Å². The van der Waals surface area contributed by atoms with Crippen LogP contribution in [-0.2, 0) is 11.2 Å². The van der Waals surface area contributed by atoms with Crippen molar-refractivity contribution < 1.29 is 14.3 Å². The Balaban J connectivity index is 1.18. The first kappa shape index (κ1) is 24.0. The summed E-state index contributed by atoms with van der Waals surface area (Å²) < 4.78 is 7.71. The Morgan fingerprint density at radius 2 is 2.03 bits per heavy atom.